The van der Waals surface area contributed by atoms with Gasteiger partial charge in [-0.05, 0) is 13.0 Å². The molecular formula is C25H19N3. The van der Waals surface area contributed by atoms with Crippen molar-refractivity contribution in [3.8, 4) is 33.8 Å². The van der Waals surface area contributed by atoms with Crippen LogP contribution >= 0.6 is 0 Å². The molecule has 0 fully saturated rings. The van der Waals surface area contributed by atoms with E-state index in [4.69, 9.17) is 10.1 Å². The van der Waals surface area contributed by atoms with Gasteiger partial charge in [-0.2, -0.15) is 5.10 Å². The van der Waals surface area contributed by atoms with Gasteiger partial charge in [-0.25, -0.2) is 9.50 Å². The fourth-order valence-electron chi connectivity index (χ4n) is 3.41. The van der Waals surface area contributed by atoms with Gasteiger partial charge in [0, 0.05) is 22.8 Å². The molecule has 0 bridgehead atoms. The minimum absolute atomic E-state index is 0.843. The van der Waals surface area contributed by atoms with E-state index in [1.165, 1.54) is 5.56 Å². The van der Waals surface area contributed by atoms with Crippen molar-refractivity contribution in [2.45, 2.75) is 6.92 Å². The third-order valence-electron chi connectivity index (χ3n) is 4.91. The molecule has 5 aromatic rings. The molecule has 0 aliphatic carbocycles. The van der Waals surface area contributed by atoms with Crippen LogP contribution in [0.1, 0.15) is 5.56 Å². The van der Waals surface area contributed by atoms with Crippen LogP contribution in [-0.4, -0.2) is 14.6 Å². The van der Waals surface area contributed by atoms with E-state index in [2.05, 4.69) is 67.6 Å². The lowest BCUT2D eigenvalue weighted by Gasteiger charge is -2.08. The smallest absolute Gasteiger partial charge is 0.156 e. The predicted octanol–water partition coefficient (Wildman–Crippen LogP) is 6.04. The number of rotatable bonds is 3. The Bertz CT molecular complexity index is 1240. The Morgan fingerprint density at radius 1 is 0.607 bits per heavy atom. The second-order valence-electron chi connectivity index (χ2n) is 6.92. The van der Waals surface area contributed by atoms with E-state index in [0.29, 0.717) is 0 Å². The second kappa shape index (κ2) is 6.78. The van der Waals surface area contributed by atoms with E-state index < -0.39 is 0 Å². The normalized spacial score (nSPS) is 11.0. The van der Waals surface area contributed by atoms with Gasteiger partial charge in [-0.3, -0.25) is 0 Å². The predicted molar refractivity (Wildman–Crippen MR) is 114 cm³/mol. The van der Waals surface area contributed by atoms with Crippen molar-refractivity contribution in [3.63, 3.8) is 0 Å². The number of nitrogens with zero attached hydrogens (tertiary/aromatic N) is 3. The maximum atomic E-state index is 4.90. The van der Waals surface area contributed by atoms with Crippen molar-refractivity contribution < 1.29 is 0 Å². The first kappa shape index (κ1) is 16.5. The summed E-state index contributed by atoms with van der Waals surface area (Å²) < 4.78 is 1.94. The lowest BCUT2D eigenvalue weighted by molar-refractivity contribution is 0.953. The summed E-state index contributed by atoms with van der Waals surface area (Å²) in [6, 6.07) is 33.2. The molecule has 5 rings (SSSR count). The number of fused-ring (bicyclic) bond motifs is 1. The first-order valence-electron chi connectivity index (χ1n) is 9.37. The highest BCUT2D eigenvalue weighted by atomic mass is 15.3. The molecule has 0 spiro atoms. The van der Waals surface area contributed by atoms with Crippen molar-refractivity contribution in [2.24, 2.45) is 0 Å². The molecule has 0 N–H and O–H groups in total. The zero-order valence-corrected chi connectivity index (χ0v) is 15.6. The lowest BCUT2D eigenvalue weighted by atomic mass is 10.1. The van der Waals surface area contributed by atoms with Crippen molar-refractivity contribution in [1.82, 2.24) is 14.6 Å². The van der Waals surface area contributed by atoms with E-state index in [1.807, 2.05) is 40.9 Å². The first-order valence-corrected chi connectivity index (χ1v) is 9.37. The average Bonchev–Trinajstić information content (AvgIpc) is 3.19. The maximum Gasteiger partial charge on any atom is 0.156 e. The van der Waals surface area contributed by atoms with Gasteiger partial charge in [-0.1, -0.05) is 90.5 Å². The maximum absolute atomic E-state index is 4.90. The van der Waals surface area contributed by atoms with E-state index in [1.54, 1.807) is 0 Å². The zero-order valence-electron chi connectivity index (χ0n) is 15.6. The molecule has 3 aromatic carbocycles. The van der Waals surface area contributed by atoms with Crippen molar-refractivity contribution in [2.75, 3.05) is 0 Å². The number of hydrogen-bond acceptors (Lipinski definition) is 2. The number of aromatic nitrogens is 3. The summed E-state index contributed by atoms with van der Waals surface area (Å²) in [5, 5.41) is 4.88. The van der Waals surface area contributed by atoms with Crippen molar-refractivity contribution >= 4 is 5.65 Å². The van der Waals surface area contributed by atoms with E-state index in [0.717, 1.165) is 39.4 Å². The lowest BCUT2D eigenvalue weighted by Crippen LogP contribution is -1.98. The highest BCUT2D eigenvalue weighted by Gasteiger charge is 2.13. The summed E-state index contributed by atoms with van der Waals surface area (Å²) in [4.78, 5) is 4.90. The molecule has 0 atom stereocenters. The molecule has 0 aliphatic heterocycles. The van der Waals surface area contributed by atoms with E-state index >= 15 is 0 Å². The summed E-state index contributed by atoms with van der Waals surface area (Å²) in [5.74, 6) is 0. The average molecular weight is 361 g/mol. The number of hydrogen-bond donors (Lipinski definition) is 0. The molecule has 2 aromatic heterocycles. The Morgan fingerprint density at radius 3 is 1.89 bits per heavy atom. The van der Waals surface area contributed by atoms with Crippen LogP contribution in [0.2, 0.25) is 0 Å². The molecule has 0 amide bonds. The minimum atomic E-state index is 0.843. The van der Waals surface area contributed by atoms with Gasteiger partial charge in [0.25, 0.3) is 0 Å². The Kier molecular flexibility index (Phi) is 3.99. The molecule has 0 unspecified atom stereocenters. The molecule has 3 heteroatoms. The van der Waals surface area contributed by atoms with E-state index in [-0.39, 0.29) is 0 Å². The fraction of sp³-hybridized carbons (Fsp3) is 0.0400. The molecule has 0 saturated carbocycles. The third-order valence-corrected chi connectivity index (χ3v) is 4.91. The van der Waals surface area contributed by atoms with Crippen LogP contribution in [0.5, 0.6) is 0 Å². The molecule has 2 heterocycles. The van der Waals surface area contributed by atoms with E-state index in [9.17, 15) is 0 Å². The Hall–Kier alpha value is -3.72. The molecule has 28 heavy (non-hydrogen) atoms. The number of aryl methyl sites for hydroxylation is 1. The van der Waals surface area contributed by atoms with Crippen LogP contribution < -0.4 is 0 Å². The van der Waals surface area contributed by atoms with Crippen LogP contribution in [0.3, 0.4) is 0 Å². The van der Waals surface area contributed by atoms with Crippen LogP contribution in [-0.2, 0) is 0 Å². The number of benzene rings is 3. The van der Waals surface area contributed by atoms with Gasteiger partial charge in [-0.15, -0.1) is 0 Å². The van der Waals surface area contributed by atoms with Crippen LogP contribution in [0.25, 0.3) is 39.4 Å². The van der Waals surface area contributed by atoms with Gasteiger partial charge in [0.1, 0.15) is 0 Å². The summed E-state index contributed by atoms with van der Waals surface area (Å²) >= 11 is 0. The Labute approximate surface area is 163 Å². The highest BCUT2D eigenvalue weighted by Crippen LogP contribution is 2.28. The molecule has 0 radical (unpaired) electrons. The zero-order chi connectivity index (χ0) is 18.9. The van der Waals surface area contributed by atoms with Crippen molar-refractivity contribution in [3.05, 3.63) is 103 Å². The summed E-state index contributed by atoms with van der Waals surface area (Å²) in [6.45, 7) is 2.09. The Balaban J connectivity index is 1.75. The van der Waals surface area contributed by atoms with Crippen LogP contribution in [0.15, 0.2) is 97.1 Å². The summed E-state index contributed by atoms with van der Waals surface area (Å²) in [6.07, 6.45) is 0. The van der Waals surface area contributed by atoms with Gasteiger partial charge in [0.2, 0.25) is 0 Å². The van der Waals surface area contributed by atoms with Gasteiger partial charge >= 0.3 is 0 Å². The first-order chi connectivity index (χ1) is 13.8. The van der Waals surface area contributed by atoms with Gasteiger partial charge in [0.05, 0.1) is 17.1 Å². The standard InChI is InChI=1S/C25H19N3/c1-18-12-14-20(15-13-18)23-17-25-26-22(19-8-4-2-5-9-19)16-24(28(25)27-23)21-10-6-3-7-11-21/h2-17H,1H3. The molecule has 134 valence electrons. The van der Waals surface area contributed by atoms with Crippen LogP contribution in [0, 0.1) is 6.92 Å². The van der Waals surface area contributed by atoms with Gasteiger partial charge in [0.15, 0.2) is 5.65 Å². The second-order valence-corrected chi connectivity index (χ2v) is 6.92. The van der Waals surface area contributed by atoms with Crippen LogP contribution in [0.4, 0.5) is 0 Å². The van der Waals surface area contributed by atoms with Gasteiger partial charge < -0.3 is 0 Å². The quantitative estimate of drug-likeness (QED) is 0.392. The topological polar surface area (TPSA) is 30.2 Å². The highest BCUT2D eigenvalue weighted by molar-refractivity contribution is 5.74. The molecule has 0 aliphatic rings. The minimum Gasteiger partial charge on any atom is -0.228 e. The monoisotopic (exact) mass is 361 g/mol. The molecule has 3 nitrogen and oxygen atoms in total. The largest absolute Gasteiger partial charge is 0.228 e. The third kappa shape index (κ3) is 2.97. The summed E-state index contributed by atoms with van der Waals surface area (Å²) in [5.41, 5.74) is 8.29. The van der Waals surface area contributed by atoms with Crippen molar-refractivity contribution in [1.29, 1.82) is 0 Å². The fourth-order valence-corrected chi connectivity index (χ4v) is 3.41. The molecular weight excluding hydrogens is 342 g/mol. The summed E-state index contributed by atoms with van der Waals surface area (Å²) in [7, 11) is 0. The molecule has 0 saturated heterocycles. The SMILES string of the molecule is Cc1ccc(-c2cc3nc(-c4ccccc4)cc(-c4ccccc4)n3n2)cc1. The Morgan fingerprint density at radius 2 is 1.21 bits per heavy atom.